The van der Waals surface area contributed by atoms with Crippen LogP contribution in [0.5, 0.6) is 5.75 Å². The summed E-state index contributed by atoms with van der Waals surface area (Å²) in [6.07, 6.45) is 0.477. The van der Waals surface area contributed by atoms with Gasteiger partial charge in [0, 0.05) is 17.1 Å². The Bertz CT molecular complexity index is 1220. The number of ketones is 1. The molecular weight excluding hydrogens is 457 g/mol. The Labute approximate surface area is 202 Å². The van der Waals surface area contributed by atoms with E-state index in [2.05, 4.69) is 0 Å². The number of hydrogen-bond acceptors (Lipinski definition) is 4. The van der Waals surface area contributed by atoms with E-state index in [1.54, 1.807) is 36.4 Å². The van der Waals surface area contributed by atoms with Crippen molar-refractivity contribution in [2.45, 2.75) is 19.4 Å². The van der Waals surface area contributed by atoms with Gasteiger partial charge in [0.25, 0.3) is 11.7 Å². The Hall–Kier alpha value is -3.64. The van der Waals surface area contributed by atoms with E-state index in [0.29, 0.717) is 34.9 Å². The molecular formula is C27H23ClFNO4. The second kappa shape index (κ2) is 10.1. The number of nitrogens with zero attached hydrogens (tertiary/aromatic N) is 1. The molecule has 0 saturated carbocycles. The van der Waals surface area contributed by atoms with Crippen LogP contribution in [-0.2, 0) is 16.0 Å². The van der Waals surface area contributed by atoms with E-state index in [9.17, 15) is 19.1 Å². The molecule has 1 heterocycles. The highest BCUT2D eigenvalue weighted by molar-refractivity contribution is 6.46. The molecule has 1 N–H and O–H groups in total. The van der Waals surface area contributed by atoms with Gasteiger partial charge in [-0.15, -0.1) is 0 Å². The molecule has 5 nitrogen and oxygen atoms in total. The molecule has 3 aromatic carbocycles. The highest BCUT2D eigenvalue weighted by Gasteiger charge is 2.45. The van der Waals surface area contributed by atoms with Gasteiger partial charge in [-0.1, -0.05) is 35.9 Å². The lowest BCUT2D eigenvalue weighted by Crippen LogP contribution is -2.31. The normalized spacial score (nSPS) is 17.3. The van der Waals surface area contributed by atoms with Gasteiger partial charge in [-0.3, -0.25) is 9.59 Å². The van der Waals surface area contributed by atoms with Crippen molar-refractivity contribution in [2.24, 2.45) is 0 Å². The number of aliphatic hydroxyl groups is 1. The van der Waals surface area contributed by atoms with Gasteiger partial charge in [0.2, 0.25) is 0 Å². The first kappa shape index (κ1) is 23.5. The number of amides is 1. The highest BCUT2D eigenvalue weighted by Crippen LogP contribution is 2.39. The molecule has 0 spiro atoms. The molecule has 0 aliphatic carbocycles. The summed E-state index contributed by atoms with van der Waals surface area (Å²) in [5, 5.41) is 11.7. The number of likely N-dealkylation sites (tertiary alicyclic amines) is 1. The number of hydrogen-bond donors (Lipinski definition) is 1. The molecule has 0 aromatic heterocycles. The molecule has 1 aliphatic heterocycles. The van der Waals surface area contributed by atoms with Crippen LogP contribution < -0.4 is 4.74 Å². The van der Waals surface area contributed by atoms with Crippen molar-refractivity contribution in [3.05, 3.63) is 106 Å². The van der Waals surface area contributed by atoms with Gasteiger partial charge in [0.05, 0.1) is 18.2 Å². The number of ether oxygens (including phenoxy) is 1. The molecule has 1 saturated heterocycles. The summed E-state index contributed by atoms with van der Waals surface area (Å²) in [4.78, 5) is 27.5. The lowest BCUT2D eigenvalue weighted by molar-refractivity contribution is -0.139. The van der Waals surface area contributed by atoms with E-state index in [1.807, 2.05) is 19.1 Å². The smallest absolute Gasteiger partial charge is 0.295 e. The van der Waals surface area contributed by atoms with Crippen LogP contribution in [0.25, 0.3) is 5.76 Å². The SMILES string of the molecule is CCOc1ccc(/C(O)=C2/C(=O)C(=O)N(CCc3ccc(Cl)cc3)C2c2ccc(F)cc2)cc1. The number of benzene rings is 3. The monoisotopic (exact) mass is 479 g/mol. The number of rotatable bonds is 7. The number of carbonyl (C=O) groups is 2. The molecule has 7 heteroatoms. The molecule has 3 aromatic rings. The van der Waals surface area contributed by atoms with Gasteiger partial charge in [0.15, 0.2) is 0 Å². The molecule has 4 rings (SSSR count). The largest absolute Gasteiger partial charge is 0.507 e. The van der Waals surface area contributed by atoms with Crippen molar-refractivity contribution in [2.75, 3.05) is 13.2 Å². The average Bonchev–Trinajstić information content (AvgIpc) is 3.09. The summed E-state index contributed by atoms with van der Waals surface area (Å²) < 4.78 is 19.0. The van der Waals surface area contributed by atoms with Gasteiger partial charge in [-0.25, -0.2) is 4.39 Å². The van der Waals surface area contributed by atoms with Crippen molar-refractivity contribution < 1.29 is 23.8 Å². The molecule has 1 fully saturated rings. The Morgan fingerprint density at radius 1 is 1.00 bits per heavy atom. The Morgan fingerprint density at radius 3 is 2.26 bits per heavy atom. The van der Waals surface area contributed by atoms with E-state index >= 15 is 0 Å². The zero-order valence-corrected chi connectivity index (χ0v) is 19.3. The van der Waals surface area contributed by atoms with Crippen LogP contribution in [0.4, 0.5) is 4.39 Å². The maximum Gasteiger partial charge on any atom is 0.295 e. The van der Waals surface area contributed by atoms with Crippen molar-refractivity contribution in [1.82, 2.24) is 4.90 Å². The molecule has 174 valence electrons. The topological polar surface area (TPSA) is 66.8 Å². The minimum atomic E-state index is -0.848. The molecule has 1 unspecified atom stereocenters. The van der Waals surface area contributed by atoms with E-state index in [4.69, 9.17) is 16.3 Å². The van der Waals surface area contributed by atoms with E-state index < -0.39 is 23.5 Å². The summed E-state index contributed by atoms with van der Waals surface area (Å²) in [5.41, 5.74) is 1.82. The first-order chi connectivity index (χ1) is 16.4. The Kier molecular flexibility index (Phi) is 6.98. The zero-order valence-electron chi connectivity index (χ0n) is 18.5. The lowest BCUT2D eigenvalue weighted by atomic mass is 9.95. The summed E-state index contributed by atoms with van der Waals surface area (Å²) in [6.45, 7) is 2.59. The van der Waals surface area contributed by atoms with Crippen molar-refractivity contribution in [3.8, 4) is 5.75 Å². The fourth-order valence-corrected chi connectivity index (χ4v) is 4.16. The second-order valence-electron chi connectivity index (χ2n) is 7.88. The predicted molar refractivity (Wildman–Crippen MR) is 128 cm³/mol. The highest BCUT2D eigenvalue weighted by atomic mass is 35.5. The molecule has 1 aliphatic rings. The van der Waals surface area contributed by atoms with Crippen LogP contribution in [0.3, 0.4) is 0 Å². The van der Waals surface area contributed by atoms with E-state index in [1.165, 1.54) is 29.2 Å². The van der Waals surface area contributed by atoms with Crippen molar-refractivity contribution >= 4 is 29.1 Å². The summed E-state index contributed by atoms with van der Waals surface area (Å²) in [5.74, 6) is -1.59. The standard InChI is InChI=1S/C27H23ClFNO4/c1-2-34-22-13-7-19(8-14-22)25(31)23-24(18-5-11-21(29)12-6-18)30(27(33)26(23)32)16-15-17-3-9-20(28)10-4-17/h3-14,24,31H,2,15-16H2,1H3/b25-23-. The lowest BCUT2D eigenvalue weighted by Gasteiger charge is -2.25. The summed E-state index contributed by atoms with van der Waals surface area (Å²) >= 11 is 5.96. The van der Waals surface area contributed by atoms with Crippen LogP contribution in [0, 0.1) is 5.82 Å². The summed E-state index contributed by atoms with van der Waals surface area (Å²) in [7, 11) is 0. The van der Waals surface area contributed by atoms with Gasteiger partial charge in [-0.2, -0.15) is 0 Å². The third kappa shape index (κ3) is 4.82. The van der Waals surface area contributed by atoms with Gasteiger partial charge < -0.3 is 14.7 Å². The maximum atomic E-state index is 13.6. The number of Topliss-reactive ketones (excluding diaryl/α,β-unsaturated/α-hetero) is 1. The molecule has 0 bridgehead atoms. The Balaban J connectivity index is 1.73. The maximum absolute atomic E-state index is 13.6. The minimum absolute atomic E-state index is 0.0307. The summed E-state index contributed by atoms with van der Waals surface area (Å²) in [6, 6.07) is 18.6. The molecule has 1 atom stereocenters. The van der Waals surface area contributed by atoms with E-state index in [0.717, 1.165) is 5.56 Å². The Morgan fingerprint density at radius 2 is 1.65 bits per heavy atom. The first-order valence-corrected chi connectivity index (χ1v) is 11.3. The predicted octanol–water partition coefficient (Wildman–Crippen LogP) is 5.54. The number of halogens is 2. The van der Waals surface area contributed by atoms with Crippen LogP contribution >= 0.6 is 11.6 Å². The number of aliphatic hydroxyl groups excluding tert-OH is 1. The fraction of sp³-hybridized carbons (Fsp3) is 0.185. The van der Waals surface area contributed by atoms with Crippen molar-refractivity contribution in [1.29, 1.82) is 0 Å². The fourth-order valence-electron chi connectivity index (χ4n) is 4.03. The van der Waals surface area contributed by atoms with Crippen LogP contribution in [0.2, 0.25) is 5.02 Å². The van der Waals surface area contributed by atoms with Crippen LogP contribution in [0.1, 0.15) is 29.7 Å². The quantitative estimate of drug-likeness (QED) is 0.274. The van der Waals surface area contributed by atoms with Gasteiger partial charge >= 0.3 is 0 Å². The third-order valence-corrected chi connectivity index (χ3v) is 5.97. The zero-order chi connectivity index (χ0) is 24.2. The van der Waals surface area contributed by atoms with Gasteiger partial charge in [0.1, 0.15) is 17.3 Å². The average molecular weight is 480 g/mol. The third-order valence-electron chi connectivity index (χ3n) is 5.72. The minimum Gasteiger partial charge on any atom is -0.507 e. The van der Waals surface area contributed by atoms with Crippen molar-refractivity contribution in [3.63, 3.8) is 0 Å². The molecule has 1 amide bonds. The first-order valence-electron chi connectivity index (χ1n) is 10.9. The van der Waals surface area contributed by atoms with Crippen LogP contribution in [0.15, 0.2) is 78.4 Å². The second-order valence-corrected chi connectivity index (χ2v) is 8.31. The van der Waals surface area contributed by atoms with E-state index in [-0.39, 0.29) is 17.9 Å². The molecule has 34 heavy (non-hydrogen) atoms. The molecule has 0 radical (unpaired) electrons. The number of carbonyl (C=O) groups excluding carboxylic acids is 2. The van der Waals surface area contributed by atoms with Gasteiger partial charge in [-0.05, 0) is 73.0 Å². The van der Waals surface area contributed by atoms with Crippen LogP contribution in [-0.4, -0.2) is 34.8 Å².